The first-order valence-electron chi connectivity index (χ1n) is 6.61. The second-order valence-corrected chi connectivity index (χ2v) is 4.52. The van der Waals surface area contributed by atoms with Crippen LogP contribution in [0.2, 0.25) is 0 Å². The van der Waals surface area contributed by atoms with E-state index in [1.54, 1.807) is 36.4 Å². The van der Waals surface area contributed by atoms with Crippen LogP contribution in [0.3, 0.4) is 0 Å². The second kappa shape index (κ2) is 6.71. The van der Waals surface area contributed by atoms with Crippen molar-refractivity contribution in [1.82, 2.24) is 0 Å². The molecule has 110 valence electrons. The van der Waals surface area contributed by atoms with Crippen LogP contribution in [0, 0.1) is 0 Å². The summed E-state index contributed by atoms with van der Waals surface area (Å²) in [4.78, 5) is 23.6. The first-order valence-corrected chi connectivity index (χ1v) is 6.61. The Morgan fingerprint density at radius 1 is 1.19 bits per heavy atom. The average molecular weight is 287 g/mol. The van der Waals surface area contributed by atoms with Crippen molar-refractivity contribution in [3.05, 3.63) is 48.4 Å². The number of furan rings is 1. The van der Waals surface area contributed by atoms with Crippen LogP contribution in [0.1, 0.15) is 23.9 Å². The predicted octanol–water partition coefficient (Wildman–Crippen LogP) is 2.21. The zero-order valence-electron chi connectivity index (χ0n) is 11.6. The molecule has 0 aliphatic rings. The number of carbonyl (C=O) groups excluding carboxylic acids is 2. The number of anilines is 2. The van der Waals surface area contributed by atoms with Gasteiger partial charge in [-0.2, -0.15) is 0 Å². The van der Waals surface area contributed by atoms with Crippen LogP contribution in [-0.2, 0) is 4.79 Å². The molecule has 1 aromatic carbocycles. The van der Waals surface area contributed by atoms with E-state index in [1.165, 1.54) is 6.26 Å². The van der Waals surface area contributed by atoms with Gasteiger partial charge < -0.3 is 20.8 Å². The number of hydrogen-bond acceptors (Lipinski definition) is 4. The molecular formula is C15H17N3O3. The van der Waals surface area contributed by atoms with E-state index >= 15 is 0 Å². The first-order chi connectivity index (χ1) is 10.1. The van der Waals surface area contributed by atoms with Crippen molar-refractivity contribution >= 4 is 23.2 Å². The fraction of sp³-hybridized carbons (Fsp3) is 0.200. The second-order valence-electron chi connectivity index (χ2n) is 4.52. The van der Waals surface area contributed by atoms with Crippen LogP contribution < -0.4 is 16.4 Å². The molecule has 1 heterocycles. The van der Waals surface area contributed by atoms with Crippen LogP contribution in [-0.4, -0.2) is 17.9 Å². The van der Waals surface area contributed by atoms with Gasteiger partial charge in [-0.25, -0.2) is 0 Å². The highest BCUT2D eigenvalue weighted by Gasteiger charge is 2.12. The Balaban J connectivity index is 2.04. The summed E-state index contributed by atoms with van der Waals surface area (Å²) in [7, 11) is 0. The van der Waals surface area contributed by atoms with E-state index in [-0.39, 0.29) is 17.6 Å². The summed E-state index contributed by atoms with van der Waals surface area (Å²) in [5.41, 5.74) is 6.78. The van der Waals surface area contributed by atoms with Gasteiger partial charge in [0.2, 0.25) is 5.91 Å². The van der Waals surface area contributed by atoms with E-state index in [4.69, 9.17) is 10.2 Å². The highest BCUT2D eigenvalue weighted by atomic mass is 16.3. The molecule has 0 fully saturated rings. The summed E-state index contributed by atoms with van der Waals surface area (Å²) in [5.74, 6) is -0.391. The SMILES string of the molecule is CC[C@@H](N)C(=O)Nc1cccc(NC(=O)c2ccco2)c1. The third-order valence-corrected chi connectivity index (χ3v) is 2.91. The summed E-state index contributed by atoms with van der Waals surface area (Å²) in [5, 5.41) is 5.39. The molecular weight excluding hydrogens is 270 g/mol. The summed E-state index contributed by atoms with van der Waals surface area (Å²) < 4.78 is 5.01. The summed E-state index contributed by atoms with van der Waals surface area (Å²) >= 11 is 0. The van der Waals surface area contributed by atoms with E-state index in [9.17, 15) is 9.59 Å². The van der Waals surface area contributed by atoms with Gasteiger partial charge in [0.25, 0.3) is 5.91 Å². The summed E-state index contributed by atoms with van der Waals surface area (Å²) in [6, 6.07) is 9.48. The number of benzene rings is 1. The van der Waals surface area contributed by atoms with Crippen molar-refractivity contribution in [3.8, 4) is 0 Å². The Kier molecular flexibility index (Phi) is 4.73. The molecule has 0 saturated heterocycles. The molecule has 0 saturated carbocycles. The van der Waals surface area contributed by atoms with Crippen LogP contribution in [0.15, 0.2) is 47.1 Å². The highest BCUT2D eigenvalue weighted by Crippen LogP contribution is 2.16. The number of nitrogens with one attached hydrogen (secondary N) is 2. The molecule has 21 heavy (non-hydrogen) atoms. The van der Waals surface area contributed by atoms with Crippen molar-refractivity contribution in [3.63, 3.8) is 0 Å². The van der Waals surface area contributed by atoms with Crippen LogP contribution in [0.4, 0.5) is 11.4 Å². The van der Waals surface area contributed by atoms with Crippen LogP contribution in [0.25, 0.3) is 0 Å². The Morgan fingerprint density at radius 3 is 2.52 bits per heavy atom. The number of amides is 2. The molecule has 4 N–H and O–H groups in total. The standard InChI is InChI=1S/C15H17N3O3/c1-2-12(16)14(19)17-10-5-3-6-11(9-10)18-15(20)13-7-4-8-21-13/h3-9,12H,2,16H2,1H3,(H,17,19)(H,18,20)/t12-/m1/s1. The van der Waals surface area contributed by atoms with Gasteiger partial charge in [-0.3, -0.25) is 9.59 Å². The Morgan fingerprint density at radius 2 is 1.90 bits per heavy atom. The quantitative estimate of drug-likeness (QED) is 0.785. The molecule has 0 unspecified atom stereocenters. The van der Waals surface area contributed by atoms with Crippen molar-refractivity contribution in [1.29, 1.82) is 0 Å². The van der Waals surface area contributed by atoms with Gasteiger partial charge in [0.05, 0.1) is 12.3 Å². The van der Waals surface area contributed by atoms with Crippen molar-refractivity contribution < 1.29 is 14.0 Å². The minimum absolute atomic E-state index is 0.220. The molecule has 0 aliphatic heterocycles. The minimum Gasteiger partial charge on any atom is -0.459 e. The van der Waals surface area contributed by atoms with E-state index in [1.807, 2.05) is 6.92 Å². The third kappa shape index (κ3) is 3.93. The molecule has 0 spiro atoms. The minimum atomic E-state index is -0.550. The van der Waals surface area contributed by atoms with E-state index < -0.39 is 6.04 Å². The van der Waals surface area contributed by atoms with Crippen molar-refractivity contribution in [2.45, 2.75) is 19.4 Å². The normalized spacial score (nSPS) is 11.7. The smallest absolute Gasteiger partial charge is 0.291 e. The van der Waals surface area contributed by atoms with Gasteiger partial charge in [-0.05, 0) is 36.8 Å². The van der Waals surface area contributed by atoms with Gasteiger partial charge in [0.15, 0.2) is 5.76 Å². The summed E-state index contributed by atoms with van der Waals surface area (Å²) in [6.45, 7) is 1.84. The van der Waals surface area contributed by atoms with Crippen LogP contribution >= 0.6 is 0 Å². The predicted molar refractivity (Wildman–Crippen MR) is 80.0 cm³/mol. The third-order valence-electron chi connectivity index (χ3n) is 2.91. The number of carbonyl (C=O) groups is 2. The lowest BCUT2D eigenvalue weighted by molar-refractivity contribution is -0.117. The fourth-order valence-corrected chi connectivity index (χ4v) is 1.70. The molecule has 1 atom stereocenters. The average Bonchev–Trinajstić information content (AvgIpc) is 3.01. The molecule has 6 nitrogen and oxygen atoms in total. The Labute approximate surface area is 122 Å². The van der Waals surface area contributed by atoms with E-state index in [2.05, 4.69) is 10.6 Å². The molecule has 2 rings (SSSR count). The lowest BCUT2D eigenvalue weighted by Gasteiger charge is -2.11. The zero-order valence-corrected chi connectivity index (χ0v) is 11.6. The van der Waals surface area contributed by atoms with Gasteiger partial charge in [0.1, 0.15) is 0 Å². The number of hydrogen-bond donors (Lipinski definition) is 3. The van der Waals surface area contributed by atoms with Gasteiger partial charge in [-0.1, -0.05) is 13.0 Å². The number of rotatable bonds is 5. The van der Waals surface area contributed by atoms with E-state index in [0.717, 1.165) is 0 Å². The molecule has 2 amide bonds. The molecule has 1 aromatic heterocycles. The molecule has 0 bridgehead atoms. The maximum atomic E-state index is 11.9. The fourth-order valence-electron chi connectivity index (χ4n) is 1.70. The lowest BCUT2D eigenvalue weighted by atomic mass is 10.2. The molecule has 0 radical (unpaired) electrons. The maximum absolute atomic E-state index is 11.9. The van der Waals surface area contributed by atoms with Crippen molar-refractivity contribution in [2.75, 3.05) is 10.6 Å². The largest absolute Gasteiger partial charge is 0.459 e. The van der Waals surface area contributed by atoms with E-state index in [0.29, 0.717) is 17.8 Å². The molecule has 6 heteroatoms. The Bertz CT molecular complexity index is 623. The first kappa shape index (κ1) is 14.8. The summed E-state index contributed by atoms with van der Waals surface area (Å²) in [6.07, 6.45) is 1.98. The maximum Gasteiger partial charge on any atom is 0.291 e. The van der Waals surface area contributed by atoms with Gasteiger partial charge >= 0.3 is 0 Å². The monoisotopic (exact) mass is 287 g/mol. The molecule has 0 aliphatic carbocycles. The Hall–Kier alpha value is -2.60. The topological polar surface area (TPSA) is 97.4 Å². The molecule has 2 aromatic rings. The van der Waals surface area contributed by atoms with Crippen LogP contribution in [0.5, 0.6) is 0 Å². The highest BCUT2D eigenvalue weighted by molar-refractivity contribution is 6.03. The van der Waals surface area contributed by atoms with Crippen molar-refractivity contribution in [2.24, 2.45) is 5.73 Å². The lowest BCUT2D eigenvalue weighted by Crippen LogP contribution is -2.34. The van der Waals surface area contributed by atoms with Gasteiger partial charge in [0, 0.05) is 11.4 Å². The van der Waals surface area contributed by atoms with Gasteiger partial charge in [-0.15, -0.1) is 0 Å². The number of nitrogens with two attached hydrogens (primary N) is 1. The zero-order chi connectivity index (χ0) is 15.2.